The molecule has 2 heterocycles. The fourth-order valence-corrected chi connectivity index (χ4v) is 3.42. The number of para-hydroxylation sites is 2. The largest absolute Gasteiger partial charge is 0.362 e. The molecule has 1 aromatic rings. The number of anilines is 1. The van der Waals surface area contributed by atoms with Gasteiger partial charge in [-0.05, 0) is 26.0 Å². The van der Waals surface area contributed by atoms with Crippen LogP contribution >= 0.6 is 12.4 Å². The van der Waals surface area contributed by atoms with Gasteiger partial charge in [-0.3, -0.25) is 14.9 Å². The predicted molar refractivity (Wildman–Crippen MR) is 94.7 cm³/mol. The zero-order valence-electron chi connectivity index (χ0n) is 13.7. The molecule has 2 aliphatic heterocycles. The second kappa shape index (κ2) is 7.36. The normalized spacial score (nSPS) is 23.7. The first-order valence-electron chi connectivity index (χ1n) is 8.00. The summed E-state index contributed by atoms with van der Waals surface area (Å²) in [6, 6.07) is 6.79. The number of hydrogen-bond donors (Lipinski definition) is 1. The fraction of sp³-hybridized carbons (Fsp3) is 0.562. The lowest BCUT2D eigenvalue weighted by molar-refractivity contribution is -0.384. The van der Waals surface area contributed by atoms with Gasteiger partial charge in [0.2, 0.25) is 5.91 Å². The van der Waals surface area contributed by atoms with E-state index >= 15 is 0 Å². The summed E-state index contributed by atoms with van der Waals surface area (Å²) in [5.74, 6) is 0.199. The van der Waals surface area contributed by atoms with E-state index in [1.165, 1.54) is 6.07 Å². The van der Waals surface area contributed by atoms with Gasteiger partial charge in [0.25, 0.3) is 5.69 Å². The van der Waals surface area contributed by atoms with Crippen LogP contribution in [-0.4, -0.2) is 55.0 Å². The molecule has 1 aromatic carbocycles. The van der Waals surface area contributed by atoms with Crippen LogP contribution in [0.2, 0.25) is 0 Å². The Morgan fingerprint density at radius 3 is 2.50 bits per heavy atom. The number of piperazine rings is 1. The molecule has 0 saturated carbocycles. The summed E-state index contributed by atoms with van der Waals surface area (Å²) in [4.78, 5) is 27.4. The lowest BCUT2D eigenvalue weighted by Crippen LogP contribution is -2.53. The molecular weight excluding hydrogens is 332 g/mol. The van der Waals surface area contributed by atoms with Crippen LogP contribution in [0.4, 0.5) is 11.4 Å². The number of hydrogen-bond acceptors (Lipinski definition) is 5. The zero-order chi connectivity index (χ0) is 16.4. The van der Waals surface area contributed by atoms with Crippen LogP contribution < -0.4 is 10.2 Å². The van der Waals surface area contributed by atoms with E-state index in [2.05, 4.69) is 5.32 Å². The highest BCUT2D eigenvalue weighted by Gasteiger charge is 2.40. The SMILES string of the molecule is CC1(C(=O)N2CCN(c3ccccc3[N+](=O)[O-])CC2)CCNC1.Cl. The molecule has 2 fully saturated rings. The number of benzene rings is 1. The van der Waals surface area contributed by atoms with Crippen molar-refractivity contribution in [2.24, 2.45) is 5.41 Å². The average Bonchev–Trinajstić information content (AvgIpc) is 3.02. The van der Waals surface area contributed by atoms with Crippen molar-refractivity contribution in [3.63, 3.8) is 0 Å². The van der Waals surface area contributed by atoms with Gasteiger partial charge in [0.1, 0.15) is 5.69 Å². The highest BCUT2D eigenvalue weighted by atomic mass is 35.5. The Hall–Kier alpha value is -1.86. The molecule has 0 aromatic heterocycles. The molecule has 1 amide bonds. The molecule has 24 heavy (non-hydrogen) atoms. The van der Waals surface area contributed by atoms with Crippen molar-refractivity contribution in [1.82, 2.24) is 10.2 Å². The lowest BCUT2D eigenvalue weighted by Gasteiger charge is -2.39. The number of amides is 1. The van der Waals surface area contributed by atoms with E-state index in [0.717, 1.165) is 19.5 Å². The van der Waals surface area contributed by atoms with Crippen molar-refractivity contribution in [2.45, 2.75) is 13.3 Å². The predicted octanol–water partition coefficient (Wildman–Crippen LogP) is 1.66. The van der Waals surface area contributed by atoms with Crippen LogP contribution in [0.5, 0.6) is 0 Å². The van der Waals surface area contributed by atoms with Crippen LogP contribution in [0.15, 0.2) is 24.3 Å². The molecule has 1 atom stereocenters. The Bertz CT molecular complexity index is 611. The van der Waals surface area contributed by atoms with Crippen LogP contribution in [-0.2, 0) is 4.79 Å². The van der Waals surface area contributed by atoms with E-state index in [4.69, 9.17) is 0 Å². The molecule has 0 bridgehead atoms. The smallest absolute Gasteiger partial charge is 0.292 e. The van der Waals surface area contributed by atoms with Gasteiger partial charge < -0.3 is 15.1 Å². The maximum Gasteiger partial charge on any atom is 0.292 e. The van der Waals surface area contributed by atoms with E-state index in [-0.39, 0.29) is 34.3 Å². The first-order chi connectivity index (χ1) is 11.0. The van der Waals surface area contributed by atoms with Crippen molar-refractivity contribution in [3.8, 4) is 0 Å². The Labute approximate surface area is 147 Å². The first-order valence-corrected chi connectivity index (χ1v) is 8.00. The number of nitrogens with zero attached hydrogens (tertiary/aromatic N) is 3. The molecule has 7 nitrogen and oxygen atoms in total. The Kier molecular flexibility index (Phi) is 5.66. The monoisotopic (exact) mass is 354 g/mol. The maximum absolute atomic E-state index is 12.7. The second-order valence-electron chi connectivity index (χ2n) is 6.51. The number of nitro benzene ring substituents is 1. The highest BCUT2D eigenvalue weighted by Crippen LogP contribution is 2.30. The highest BCUT2D eigenvalue weighted by molar-refractivity contribution is 5.85. The molecule has 2 saturated heterocycles. The van der Waals surface area contributed by atoms with Gasteiger partial charge in [-0.25, -0.2) is 0 Å². The van der Waals surface area contributed by atoms with Crippen molar-refractivity contribution < 1.29 is 9.72 Å². The van der Waals surface area contributed by atoms with E-state index in [9.17, 15) is 14.9 Å². The van der Waals surface area contributed by atoms with Gasteiger partial charge in [0.15, 0.2) is 0 Å². The third-order valence-electron chi connectivity index (χ3n) is 4.87. The van der Waals surface area contributed by atoms with Gasteiger partial charge in [-0.15, -0.1) is 12.4 Å². The summed E-state index contributed by atoms with van der Waals surface area (Å²) in [6.45, 7) is 6.11. The molecule has 132 valence electrons. The number of nitro groups is 1. The van der Waals surface area contributed by atoms with Crippen LogP contribution in [0.25, 0.3) is 0 Å². The Balaban J connectivity index is 0.00000208. The van der Waals surface area contributed by atoms with E-state index in [1.54, 1.807) is 12.1 Å². The average molecular weight is 355 g/mol. The van der Waals surface area contributed by atoms with E-state index in [1.807, 2.05) is 22.8 Å². The molecule has 0 radical (unpaired) electrons. The van der Waals surface area contributed by atoms with Gasteiger partial charge in [-0.1, -0.05) is 12.1 Å². The molecule has 1 N–H and O–H groups in total. The summed E-state index contributed by atoms with van der Waals surface area (Å²) < 4.78 is 0. The summed E-state index contributed by atoms with van der Waals surface area (Å²) >= 11 is 0. The summed E-state index contributed by atoms with van der Waals surface area (Å²) in [7, 11) is 0. The molecule has 1 unspecified atom stereocenters. The summed E-state index contributed by atoms with van der Waals surface area (Å²) in [5.41, 5.74) is 0.457. The Morgan fingerprint density at radius 2 is 1.92 bits per heavy atom. The van der Waals surface area contributed by atoms with Gasteiger partial charge in [0, 0.05) is 38.8 Å². The standard InChI is InChI=1S/C16H22N4O3.ClH/c1-16(6-7-17-12-16)15(21)19-10-8-18(9-11-19)13-4-2-3-5-14(13)20(22)23;/h2-5,17H,6-12H2,1H3;1H. The molecule has 0 spiro atoms. The molecule has 8 heteroatoms. The van der Waals surface area contributed by atoms with Crippen molar-refractivity contribution in [1.29, 1.82) is 0 Å². The number of nitrogens with one attached hydrogen (secondary N) is 1. The number of halogens is 1. The van der Waals surface area contributed by atoms with Crippen LogP contribution in [0.3, 0.4) is 0 Å². The minimum Gasteiger partial charge on any atom is -0.362 e. The number of carbonyl (C=O) groups is 1. The van der Waals surface area contributed by atoms with Crippen LogP contribution in [0, 0.1) is 15.5 Å². The number of carbonyl (C=O) groups excluding carboxylic acids is 1. The molecule has 2 aliphatic rings. The fourth-order valence-electron chi connectivity index (χ4n) is 3.42. The van der Waals surface area contributed by atoms with Crippen molar-refractivity contribution >= 4 is 29.7 Å². The first kappa shape index (κ1) is 18.5. The summed E-state index contributed by atoms with van der Waals surface area (Å²) in [5, 5.41) is 14.4. The second-order valence-corrected chi connectivity index (χ2v) is 6.51. The quantitative estimate of drug-likeness (QED) is 0.659. The third-order valence-corrected chi connectivity index (χ3v) is 4.87. The lowest BCUT2D eigenvalue weighted by atomic mass is 9.88. The van der Waals surface area contributed by atoms with E-state index in [0.29, 0.717) is 31.9 Å². The minimum atomic E-state index is -0.349. The number of rotatable bonds is 3. The van der Waals surface area contributed by atoms with Crippen LogP contribution in [0.1, 0.15) is 13.3 Å². The third kappa shape index (κ3) is 3.47. The Morgan fingerprint density at radius 1 is 1.25 bits per heavy atom. The van der Waals surface area contributed by atoms with Crippen molar-refractivity contribution in [2.75, 3.05) is 44.2 Å². The van der Waals surface area contributed by atoms with Gasteiger partial charge in [0.05, 0.1) is 10.3 Å². The zero-order valence-corrected chi connectivity index (χ0v) is 14.6. The molecule has 0 aliphatic carbocycles. The molecular formula is C16H23ClN4O3. The minimum absolute atomic E-state index is 0. The van der Waals surface area contributed by atoms with E-state index < -0.39 is 0 Å². The maximum atomic E-state index is 12.7. The van der Waals surface area contributed by atoms with Gasteiger partial charge >= 0.3 is 0 Å². The topological polar surface area (TPSA) is 78.7 Å². The van der Waals surface area contributed by atoms with Crippen molar-refractivity contribution in [3.05, 3.63) is 34.4 Å². The molecule has 3 rings (SSSR count). The summed E-state index contributed by atoms with van der Waals surface area (Å²) in [6.07, 6.45) is 0.871. The van der Waals surface area contributed by atoms with Gasteiger partial charge in [-0.2, -0.15) is 0 Å².